The van der Waals surface area contributed by atoms with Crippen LogP contribution >= 0.6 is 0 Å². The molecular weight excluding hydrogens is 300 g/mol. The molecule has 2 heterocycles. The Hall–Kier alpha value is -1.69. The van der Waals surface area contributed by atoms with E-state index in [-0.39, 0.29) is 12.0 Å². The molecule has 0 bridgehead atoms. The van der Waals surface area contributed by atoms with E-state index in [0.29, 0.717) is 5.56 Å². The van der Waals surface area contributed by atoms with Crippen LogP contribution in [0.25, 0.3) is 0 Å². The van der Waals surface area contributed by atoms with Crippen molar-refractivity contribution in [3.05, 3.63) is 35.4 Å². The maximum atomic E-state index is 13.3. The number of hydrogen-bond acceptors (Lipinski definition) is 2. The third kappa shape index (κ3) is 3.80. The molecule has 1 aromatic rings. The Morgan fingerprint density at radius 3 is 2.74 bits per heavy atom. The summed E-state index contributed by atoms with van der Waals surface area (Å²) in [7, 11) is 0. The topological polar surface area (TPSA) is 36.9 Å². The van der Waals surface area contributed by atoms with Crippen LogP contribution in [0.15, 0.2) is 23.2 Å². The van der Waals surface area contributed by atoms with Crippen molar-refractivity contribution in [1.82, 2.24) is 10.2 Å². The molecule has 6 heteroatoms. The summed E-state index contributed by atoms with van der Waals surface area (Å²) in [5.41, 5.74) is 0.789. The first-order valence-corrected chi connectivity index (χ1v) is 8.16. The van der Waals surface area contributed by atoms with Crippen molar-refractivity contribution in [1.29, 1.82) is 0 Å². The van der Waals surface area contributed by atoms with Crippen molar-refractivity contribution in [2.45, 2.75) is 26.3 Å². The lowest BCUT2D eigenvalue weighted by Crippen LogP contribution is -2.41. The zero-order valence-corrected chi connectivity index (χ0v) is 13.4. The second kappa shape index (κ2) is 6.83. The SMILES string of the molecule is CCNC(=NCc1cc(F)cc(F)c1)N1CCC2(CCOC2)C1. The predicted molar refractivity (Wildman–Crippen MR) is 85.2 cm³/mol. The summed E-state index contributed by atoms with van der Waals surface area (Å²) in [6, 6.07) is 3.53. The van der Waals surface area contributed by atoms with Gasteiger partial charge in [-0.05, 0) is 37.5 Å². The average molecular weight is 323 g/mol. The van der Waals surface area contributed by atoms with Crippen molar-refractivity contribution in [3.8, 4) is 0 Å². The van der Waals surface area contributed by atoms with Gasteiger partial charge >= 0.3 is 0 Å². The van der Waals surface area contributed by atoms with Crippen LogP contribution in [0.1, 0.15) is 25.3 Å². The van der Waals surface area contributed by atoms with Gasteiger partial charge in [-0.15, -0.1) is 0 Å². The van der Waals surface area contributed by atoms with E-state index in [1.807, 2.05) is 6.92 Å². The lowest BCUT2D eigenvalue weighted by atomic mass is 9.87. The summed E-state index contributed by atoms with van der Waals surface area (Å²) in [5.74, 6) is -0.326. The molecule has 1 unspecified atom stereocenters. The molecule has 1 N–H and O–H groups in total. The molecule has 2 aliphatic rings. The molecule has 2 fully saturated rings. The molecule has 1 atom stereocenters. The van der Waals surface area contributed by atoms with Crippen LogP contribution < -0.4 is 5.32 Å². The van der Waals surface area contributed by atoms with Gasteiger partial charge in [0, 0.05) is 37.7 Å². The summed E-state index contributed by atoms with van der Waals surface area (Å²) < 4.78 is 32.1. The largest absolute Gasteiger partial charge is 0.381 e. The summed E-state index contributed by atoms with van der Waals surface area (Å²) in [5, 5.41) is 3.28. The maximum Gasteiger partial charge on any atom is 0.194 e. The van der Waals surface area contributed by atoms with E-state index in [4.69, 9.17) is 4.74 Å². The first kappa shape index (κ1) is 16.2. The van der Waals surface area contributed by atoms with Gasteiger partial charge in [-0.1, -0.05) is 0 Å². The molecule has 0 radical (unpaired) electrons. The normalized spacial score (nSPS) is 24.7. The van der Waals surface area contributed by atoms with Gasteiger partial charge < -0.3 is 15.0 Å². The summed E-state index contributed by atoms with van der Waals surface area (Å²) in [4.78, 5) is 6.79. The first-order chi connectivity index (χ1) is 11.1. The van der Waals surface area contributed by atoms with Crippen molar-refractivity contribution in [3.63, 3.8) is 0 Å². The number of nitrogens with zero attached hydrogens (tertiary/aromatic N) is 2. The van der Waals surface area contributed by atoms with Crippen LogP contribution in [0.2, 0.25) is 0 Å². The number of halogens is 2. The highest BCUT2D eigenvalue weighted by atomic mass is 19.1. The average Bonchev–Trinajstić information content (AvgIpc) is 3.13. The van der Waals surface area contributed by atoms with Gasteiger partial charge in [0.1, 0.15) is 11.6 Å². The van der Waals surface area contributed by atoms with E-state index in [1.54, 1.807) is 0 Å². The van der Waals surface area contributed by atoms with Crippen molar-refractivity contribution in [2.24, 2.45) is 10.4 Å². The zero-order valence-electron chi connectivity index (χ0n) is 13.4. The number of aliphatic imine (C=N–C) groups is 1. The monoisotopic (exact) mass is 323 g/mol. The molecule has 0 amide bonds. The van der Waals surface area contributed by atoms with Gasteiger partial charge in [-0.3, -0.25) is 0 Å². The maximum absolute atomic E-state index is 13.3. The quantitative estimate of drug-likeness (QED) is 0.686. The van der Waals surface area contributed by atoms with E-state index in [2.05, 4.69) is 15.2 Å². The third-order valence-corrected chi connectivity index (χ3v) is 4.59. The van der Waals surface area contributed by atoms with Crippen LogP contribution in [0, 0.1) is 17.0 Å². The zero-order chi connectivity index (χ0) is 16.3. The lowest BCUT2D eigenvalue weighted by Gasteiger charge is -2.25. The Morgan fingerprint density at radius 2 is 2.09 bits per heavy atom. The molecule has 1 spiro atoms. The summed E-state index contributed by atoms with van der Waals surface area (Å²) in [6.45, 7) is 6.56. The number of likely N-dealkylation sites (tertiary alicyclic amines) is 1. The van der Waals surface area contributed by atoms with E-state index in [0.717, 1.165) is 57.7 Å². The number of rotatable bonds is 3. The lowest BCUT2D eigenvalue weighted by molar-refractivity contribution is 0.156. The second-order valence-corrected chi connectivity index (χ2v) is 6.42. The molecule has 23 heavy (non-hydrogen) atoms. The van der Waals surface area contributed by atoms with Gasteiger partial charge in [0.2, 0.25) is 0 Å². The fourth-order valence-corrected chi connectivity index (χ4v) is 3.38. The molecule has 0 aromatic heterocycles. The fraction of sp³-hybridized carbons (Fsp3) is 0.588. The minimum atomic E-state index is -0.566. The minimum absolute atomic E-state index is 0.251. The molecule has 1 aromatic carbocycles. The number of guanidine groups is 1. The highest BCUT2D eigenvalue weighted by Crippen LogP contribution is 2.38. The number of benzene rings is 1. The highest BCUT2D eigenvalue weighted by molar-refractivity contribution is 5.80. The predicted octanol–water partition coefficient (Wildman–Crippen LogP) is 2.54. The van der Waals surface area contributed by atoms with E-state index in [9.17, 15) is 8.78 Å². The van der Waals surface area contributed by atoms with Crippen LogP contribution in [0.3, 0.4) is 0 Å². The van der Waals surface area contributed by atoms with Gasteiger partial charge in [-0.2, -0.15) is 0 Å². The molecule has 2 aliphatic heterocycles. The molecule has 3 rings (SSSR count). The molecule has 0 aliphatic carbocycles. The van der Waals surface area contributed by atoms with Gasteiger partial charge in [0.15, 0.2) is 5.96 Å². The summed E-state index contributed by atoms with van der Waals surface area (Å²) >= 11 is 0. The number of ether oxygens (including phenoxy) is 1. The number of nitrogens with one attached hydrogen (secondary N) is 1. The minimum Gasteiger partial charge on any atom is -0.381 e. The molecule has 2 saturated heterocycles. The Bertz CT molecular complexity index is 565. The van der Waals surface area contributed by atoms with Crippen LogP contribution in [0.4, 0.5) is 8.78 Å². The Morgan fingerprint density at radius 1 is 1.30 bits per heavy atom. The first-order valence-electron chi connectivity index (χ1n) is 8.16. The van der Waals surface area contributed by atoms with Crippen LogP contribution in [-0.2, 0) is 11.3 Å². The standard InChI is InChI=1S/C17H23F2N3O/c1-2-20-16(21-10-13-7-14(18)9-15(19)8-13)22-5-3-17(11-22)4-6-23-12-17/h7-9H,2-6,10-12H2,1H3,(H,20,21). The Balaban J connectivity index is 1.70. The van der Waals surface area contributed by atoms with Gasteiger partial charge in [-0.25, -0.2) is 13.8 Å². The van der Waals surface area contributed by atoms with Crippen molar-refractivity contribution in [2.75, 3.05) is 32.8 Å². The van der Waals surface area contributed by atoms with Crippen molar-refractivity contribution < 1.29 is 13.5 Å². The summed E-state index contributed by atoms with van der Waals surface area (Å²) in [6.07, 6.45) is 2.20. The second-order valence-electron chi connectivity index (χ2n) is 6.42. The molecule has 126 valence electrons. The van der Waals surface area contributed by atoms with E-state index < -0.39 is 11.6 Å². The molecule has 4 nitrogen and oxygen atoms in total. The highest BCUT2D eigenvalue weighted by Gasteiger charge is 2.42. The Kier molecular flexibility index (Phi) is 4.80. The van der Waals surface area contributed by atoms with Gasteiger partial charge in [0.25, 0.3) is 0 Å². The molecular formula is C17H23F2N3O. The van der Waals surface area contributed by atoms with Crippen LogP contribution in [-0.4, -0.2) is 43.7 Å². The van der Waals surface area contributed by atoms with Gasteiger partial charge in [0.05, 0.1) is 13.2 Å². The van der Waals surface area contributed by atoms with Crippen LogP contribution in [0.5, 0.6) is 0 Å². The van der Waals surface area contributed by atoms with E-state index >= 15 is 0 Å². The number of hydrogen-bond donors (Lipinski definition) is 1. The Labute approximate surface area is 135 Å². The smallest absolute Gasteiger partial charge is 0.194 e. The third-order valence-electron chi connectivity index (χ3n) is 4.59. The van der Waals surface area contributed by atoms with E-state index in [1.165, 1.54) is 12.1 Å². The van der Waals surface area contributed by atoms with Crippen molar-refractivity contribution >= 4 is 5.96 Å². The fourth-order valence-electron chi connectivity index (χ4n) is 3.38. The molecule has 0 saturated carbocycles.